The summed E-state index contributed by atoms with van der Waals surface area (Å²) in [4.78, 5) is 40.1. The molecule has 1 saturated heterocycles. The maximum absolute atomic E-state index is 13.2. The Bertz CT molecular complexity index is 1140. The first-order valence-electron chi connectivity index (χ1n) is 9.84. The largest absolute Gasteiger partial charge is 0.444 e. The number of hydrogen-bond donors (Lipinski definition) is 2. The van der Waals surface area contributed by atoms with Gasteiger partial charge in [-0.1, -0.05) is 6.07 Å². The van der Waals surface area contributed by atoms with E-state index in [0.29, 0.717) is 10.8 Å². The first kappa shape index (κ1) is 22.8. The lowest BCUT2D eigenvalue weighted by Crippen LogP contribution is -2.52. The number of aromatic nitrogens is 1. The van der Waals surface area contributed by atoms with Gasteiger partial charge in [-0.2, -0.15) is 4.31 Å². The molecular weight excluding hydrogens is 424 g/mol. The molecule has 0 radical (unpaired) electrons. The molecule has 2 aromatic rings. The predicted molar refractivity (Wildman–Crippen MR) is 114 cm³/mol. The Labute approximate surface area is 180 Å². The summed E-state index contributed by atoms with van der Waals surface area (Å²) in [5, 5.41) is 3.06. The number of pyridine rings is 1. The molecule has 31 heavy (non-hydrogen) atoms. The van der Waals surface area contributed by atoms with Crippen molar-refractivity contribution < 1.29 is 22.7 Å². The molecular formula is C20H26N4O6S. The first-order valence-corrected chi connectivity index (χ1v) is 11.3. The molecule has 2 amide bonds. The number of aromatic amines is 1. The number of piperazine rings is 1. The molecule has 1 aromatic carbocycles. The van der Waals surface area contributed by atoms with Crippen LogP contribution >= 0.6 is 0 Å². The number of nitrogens with zero attached hydrogens (tertiary/aromatic N) is 2. The molecule has 2 N–H and O–H groups in total. The van der Waals surface area contributed by atoms with Crippen LogP contribution in [0.15, 0.2) is 40.2 Å². The van der Waals surface area contributed by atoms with E-state index in [2.05, 4.69) is 10.3 Å². The number of benzene rings is 1. The summed E-state index contributed by atoms with van der Waals surface area (Å²) in [5.74, 6) is -0.320. The average molecular weight is 451 g/mol. The van der Waals surface area contributed by atoms with Gasteiger partial charge in [-0.25, -0.2) is 13.2 Å². The second-order valence-corrected chi connectivity index (χ2v) is 10.1. The smallest absolute Gasteiger partial charge is 0.408 e. The van der Waals surface area contributed by atoms with Crippen molar-refractivity contribution in [2.24, 2.45) is 0 Å². The van der Waals surface area contributed by atoms with Gasteiger partial charge in [-0.3, -0.25) is 9.59 Å². The van der Waals surface area contributed by atoms with Crippen molar-refractivity contribution in [1.29, 1.82) is 0 Å². The van der Waals surface area contributed by atoms with Crippen LogP contribution in [0.4, 0.5) is 4.79 Å². The van der Waals surface area contributed by atoms with Crippen molar-refractivity contribution in [2.45, 2.75) is 31.3 Å². The van der Waals surface area contributed by atoms with E-state index >= 15 is 0 Å². The number of alkyl carbamates (subject to hydrolysis) is 1. The van der Waals surface area contributed by atoms with Gasteiger partial charge in [-0.15, -0.1) is 0 Å². The molecule has 3 rings (SSSR count). The Kier molecular flexibility index (Phi) is 6.37. The Balaban J connectivity index is 1.64. The van der Waals surface area contributed by atoms with Crippen LogP contribution in [0.5, 0.6) is 0 Å². The van der Waals surface area contributed by atoms with Crippen molar-refractivity contribution >= 4 is 32.8 Å². The Morgan fingerprint density at radius 3 is 2.42 bits per heavy atom. The lowest BCUT2D eigenvalue weighted by atomic mass is 10.2. The molecule has 0 unspecified atom stereocenters. The number of carbonyl (C=O) groups is 2. The zero-order chi connectivity index (χ0) is 22.8. The van der Waals surface area contributed by atoms with Gasteiger partial charge in [0.2, 0.25) is 15.9 Å². The quantitative estimate of drug-likeness (QED) is 0.712. The van der Waals surface area contributed by atoms with Gasteiger partial charge < -0.3 is 19.9 Å². The van der Waals surface area contributed by atoms with Gasteiger partial charge in [-0.05, 0) is 39.0 Å². The maximum Gasteiger partial charge on any atom is 0.408 e. The lowest BCUT2D eigenvalue weighted by molar-refractivity contribution is -0.131. The topological polar surface area (TPSA) is 129 Å². The summed E-state index contributed by atoms with van der Waals surface area (Å²) < 4.78 is 32.7. The summed E-state index contributed by atoms with van der Waals surface area (Å²) in [7, 11) is -3.85. The molecule has 0 atom stereocenters. The van der Waals surface area contributed by atoms with E-state index in [9.17, 15) is 22.8 Å². The van der Waals surface area contributed by atoms with E-state index in [-0.39, 0.29) is 49.1 Å². The number of amides is 2. The summed E-state index contributed by atoms with van der Waals surface area (Å²) in [5.41, 5.74) is -1.03. The highest BCUT2D eigenvalue weighted by molar-refractivity contribution is 7.89. The fourth-order valence-corrected chi connectivity index (χ4v) is 4.94. The molecule has 1 aromatic heterocycles. The molecule has 2 heterocycles. The van der Waals surface area contributed by atoms with Crippen molar-refractivity contribution in [3.05, 3.63) is 40.8 Å². The van der Waals surface area contributed by atoms with Gasteiger partial charge in [0.1, 0.15) is 12.1 Å². The van der Waals surface area contributed by atoms with Gasteiger partial charge in [0, 0.05) is 43.1 Å². The van der Waals surface area contributed by atoms with Crippen LogP contribution in [0.2, 0.25) is 0 Å². The third kappa shape index (κ3) is 5.23. The maximum atomic E-state index is 13.2. The van der Waals surface area contributed by atoms with Crippen LogP contribution in [-0.4, -0.2) is 72.9 Å². The summed E-state index contributed by atoms with van der Waals surface area (Å²) in [6, 6.07) is 6.14. The highest BCUT2D eigenvalue weighted by atomic mass is 32.2. The summed E-state index contributed by atoms with van der Waals surface area (Å²) in [6.45, 7) is 5.55. The number of sulfonamides is 1. The second-order valence-electron chi connectivity index (χ2n) is 8.16. The predicted octanol–water partition coefficient (Wildman–Crippen LogP) is 0.886. The highest BCUT2D eigenvalue weighted by Gasteiger charge is 2.31. The third-order valence-corrected chi connectivity index (χ3v) is 6.72. The molecule has 1 fully saturated rings. The molecule has 11 heteroatoms. The van der Waals surface area contributed by atoms with E-state index in [0.717, 1.165) is 0 Å². The van der Waals surface area contributed by atoms with Crippen LogP contribution < -0.4 is 10.9 Å². The SMILES string of the molecule is CC(C)(C)OC(=O)NCC(=O)N1CCN(S(=O)(=O)c2cccc3c(=O)[nH]ccc23)CC1. The van der Waals surface area contributed by atoms with Gasteiger partial charge >= 0.3 is 6.09 Å². The molecule has 0 saturated carbocycles. The number of nitrogens with one attached hydrogen (secondary N) is 2. The second kappa shape index (κ2) is 8.67. The minimum atomic E-state index is -3.85. The number of fused-ring (bicyclic) bond motifs is 1. The Morgan fingerprint density at radius 2 is 1.77 bits per heavy atom. The first-order chi connectivity index (χ1) is 14.5. The molecule has 0 spiro atoms. The standard InChI is InChI=1S/C20H26N4O6S/c1-20(2,3)30-19(27)22-13-17(25)23-9-11-24(12-10-23)31(28,29)16-6-4-5-15-14(16)7-8-21-18(15)26/h4-8H,9-13H2,1-3H3,(H,21,26)(H,22,27). The van der Waals surface area contributed by atoms with Gasteiger partial charge in [0.05, 0.1) is 4.90 Å². The van der Waals surface area contributed by atoms with E-state index < -0.39 is 21.7 Å². The van der Waals surface area contributed by atoms with E-state index in [1.165, 1.54) is 27.5 Å². The van der Waals surface area contributed by atoms with Gasteiger partial charge in [0.15, 0.2) is 0 Å². The fraction of sp³-hybridized carbons (Fsp3) is 0.450. The zero-order valence-corrected chi connectivity index (χ0v) is 18.5. The monoisotopic (exact) mass is 450 g/mol. The Morgan fingerprint density at radius 1 is 1.10 bits per heavy atom. The number of ether oxygens (including phenoxy) is 1. The van der Waals surface area contributed by atoms with Crippen molar-refractivity contribution in [1.82, 2.24) is 19.5 Å². The number of carbonyl (C=O) groups excluding carboxylic acids is 2. The van der Waals surface area contributed by atoms with E-state index in [4.69, 9.17) is 4.74 Å². The van der Waals surface area contributed by atoms with Crippen molar-refractivity contribution in [3.63, 3.8) is 0 Å². The zero-order valence-electron chi connectivity index (χ0n) is 17.7. The fourth-order valence-electron chi connectivity index (χ4n) is 3.31. The van der Waals surface area contributed by atoms with Crippen LogP contribution in [0, 0.1) is 0 Å². The van der Waals surface area contributed by atoms with E-state index in [1.54, 1.807) is 32.9 Å². The average Bonchev–Trinajstić information content (AvgIpc) is 2.71. The molecule has 1 aliphatic rings. The lowest BCUT2D eigenvalue weighted by Gasteiger charge is -2.34. The van der Waals surface area contributed by atoms with E-state index in [1.807, 2.05) is 0 Å². The van der Waals surface area contributed by atoms with Crippen LogP contribution in [-0.2, 0) is 19.6 Å². The molecule has 168 valence electrons. The summed E-state index contributed by atoms with van der Waals surface area (Å²) in [6.07, 6.45) is 0.728. The highest BCUT2D eigenvalue weighted by Crippen LogP contribution is 2.24. The van der Waals surface area contributed by atoms with Crippen LogP contribution in [0.3, 0.4) is 0 Å². The van der Waals surface area contributed by atoms with Crippen molar-refractivity contribution in [3.8, 4) is 0 Å². The molecule has 0 bridgehead atoms. The Hall–Kier alpha value is -2.92. The normalized spacial score (nSPS) is 15.6. The minimum Gasteiger partial charge on any atom is -0.444 e. The van der Waals surface area contributed by atoms with Gasteiger partial charge in [0.25, 0.3) is 5.56 Å². The summed E-state index contributed by atoms with van der Waals surface area (Å²) >= 11 is 0. The number of H-pyrrole nitrogens is 1. The molecule has 0 aliphatic carbocycles. The molecule has 1 aliphatic heterocycles. The molecule has 10 nitrogen and oxygen atoms in total. The number of rotatable bonds is 4. The minimum absolute atomic E-state index is 0.0578. The van der Waals surface area contributed by atoms with Crippen LogP contribution in [0.1, 0.15) is 20.8 Å². The van der Waals surface area contributed by atoms with Crippen molar-refractivity contribution in [2.75, 3.05) is 32.7 Å². The number of hydrogen-bond acceptors (Lipinski definition) is 6. The van der Waals surface area contributed by atoms with Crippen LogP contribution in [0.25, 0.3) is 10.8 Å². The third-order valence-electron chi connectivity index (χ3n) is 4.77.